The Bertz CT molecular complexity index is 851. The molecule has 1 atom stereocenters. The van der Waals surface area contributed by atoms with Gasteiger partial charge in [0.25, 0.3) is 11.6 Å². The van der Waals surface area contributed by atoms with Crippen molar-refractivity contribution in [3.63, 3.8) is 0 Å². The normalized spacial score (nSPS) is 17.1. The van der Waals surface area contributed by atoms with Gasteiger partial charge in [-0.25, -0.2) is 0 Å². The molecule has 1 fully saturated rings. The molecule has 1 aliphatic heterocycles. The molecule has 7 nitrogen and oxygen atoms in total. The number of nitrogens with one attached hydrogen (secondary N) is 1. The van der Waals surface area contributed by atoms with Gasteiger partial charge in [-0.1, -0.05) is 19.1 Å². The fourth-order valence-electron chi connectivity index (χ4n) is 3.55. The molecular formula is C21H25N3O4. The van der Waals surface area contributed by atoms with Gasteiger partial charge in [0.05, 0.1) is 17.7 Å². The second-order valence-electron chi connectivity index (χ2n) is 7.28. The molecular weight excluding hydrogens is 358 g/mol. The highest BCUT2D eigenvalue weighted by molar-refractivity contribution is 6.05. The number of hydrogen-bond donors (Lipinski definition) is 1. The molecule has 148 valence electrons. The quantitative estimate of drug-likeness (QED) is 0.600. The van der Waals surface area contributed by atoms with Gasteiger partial charge in [-0.15, -0.1) is 0 Å². The minimum atomic E-state index is -0.509. The number of anilines is 1. The van der Waals surface area contributed by atoms with E-state index in [-0.39, 0.29) is 17.3 Å². The van der Waals surface area contributed by atoms with Crippen molar-refractivity contribution < 1.29 is 14.5 Å². The van der Waals surface area contributed by atoms with Crippen LogP contribution in [-0.2, 0) is 6.54 Å². The number of piperidine rings is 1. The average Bonchev–Trinajstić information content (AvgIpc) is 2.68. The Morgan fingerprint density at radius 1 is 1.29 bits per heavy atom. The summed E-state index contributed by atoms with van der Waals surface area (Å²) in [5.41, 5.74) is 1.82. The summed E-state index contributed by atoms with van der Waals surface area (Å²) in [4.78, 5) is 25.5. The van der Waals surface area contributed by atoms with E-state index in [0.29, 0.717) is 11.3 Å². The summed E-state index contributed by atoms with van der Waals surface area (Å²) in [7, 11) is 1.45. The van der Waals surface area contributed by atoms with Gasteiger partial charge in [0.1, 0.15) is 5.75 Å². The van der Waals surface area contributed by atoms with Crippen LogP contribution in [0.15, 0.2) is 42.5 Å². The number of non-ortho nitro benzene ring substituents is 1. The van der Waals surface area contributed by atoms with E-state index in [1.807, 2.05) is 12.1 Å². The molecule has 0 radical (unpaired) electrons. The number of ether oxygens (including phenoxy) is 1. The zero-order chi connectivity index (χ0) is 20.1. The molecule has 2 aromatic carbocycles. The van der Waals surface area contributed by atoms with Gasteiger partial charge in [0, 0.05) is 30.8 Å². The third-order valence-corrected chi connectivity index (χ3v) is 5.01. The van der Waals surface area contributed by atoms with Gasteiger partial charge in [-0.2, -0.15) is 0 Å². The number of likely N-dealkylation sites (tertiary alicyclic amines) is 1. The highest BCUT2D eigenvalue weighted by Gasteiger charge is 2.17. The van der Waals surface area contributed by atoms with Gasteiger partial charge in [0.2, 0.25) is 0 Å². The first-order chi connectivity index (χ1) is 13.5. The fourth-order valence-corrected chi connectivity index (χ4v) is 3.55. The van der Waals surface area contributed by atoms with Crippen molar-refractivity contribution in [2.45, 2.75) is 26.3 Å². The number of rotatable bonds is 6. The third kappa shape index (κ3) is 4.86. The summed E-state index contributed by atoms with van der Waals surface area (Å²) >= 11 is 0. The van der Waals surface area contributed by atoms with Gasteiger partial charge < -0.3 is 10.1 Å². The molecule has 0 bridgehead atoms. The molecule has 0 aromatic heterocycles. The Labute approximate surface area is 164 Å². The molecule has 0 aliphatic carbocycles. The zero-order valence-electron chi connectivity index (χ0n) is 16.2. The molecule has 7 heteroatoms. The number of hydrogen-bond acceptors (Lipinski definition) is 5. The highest BCUT2D eigenvalue weighted by atomic mass is 16.6. The van der Waals surface area contributed by atoms with Crippen molar-refractivity contribution in [2.75, 3.05) is 25.5 Å². The maximum Gasteiger partial charge on any atom is 0.271 e. The lowest BCUT2D eigenvalue weighted by Gasteiger charge is -2.30. The van der Waals surface area contributed by atoms with E-state index in [2.05, 4.69) is 17.1 Å². The van der Waals surface area contributed by atoms with Crippen LogP contribution >= 0.6 is 0 Å². The zero-order valence-corrected chi connectivity index (χ0v) is 16.2. The van der Waals surface area contributed by atoms with Crippen LogP contribution in [0.5, 0.6) is 5.75 Å². The number of methoxy groups -OCH3 is 1. The Morgan fingerprint density at radius 3 is 2.68 bits per heavy atom. The molecule has 3 rings (SSSR count). The number of nitro groups is 1. The Hall–Kier alpha value is -2.93. The predicted octanol–water partition coefficient (Wildman–Crippen LogP) is 4.09. The van der Waals surface area contributed by atoms with Gasteiger partial charge in [-0.3, -0.25) is 19.8 Å². The minimum Gasteiger partial charge on any atom is -0.495 e. The van der Waals surface area contributed by atoms with E-state index in [1.54, 1.807) is 12.1 Å². The van der Waals surface area contributed by atoms with Crippen LogP contribution in [0, 0.1) is 16.0 Å². The second-order valence-corrected chi connectivity index (χ2v) is 7.28. The standard InChI is InChI=1S/C21H25N3O4/c1-15-4-3-11-23(13-15)14-16-5-7-17(8-6-16)21(25)22-19-12-18(24(26)27)9-10-20(19)28-2/h5-10,12,15H,3-4,11,13-14H2,1-2H3,(H,22,25). The number of carbonyl (C=O) groups is 1. The summed E-state index contributed by atoms with van der Waals surface area (Å²) in [6, 6.07) is 11.6. The maximum atomic E-state index is 12.6. The van der Waals surface area contributed by atoms with Crippen molar-refractivity contribution >= 4 is 17.3 Å². The minimum absolute atomic E-state index is 0.109. The number of benzene rings is 2. The van der Waals surface area contributed by atoms with Crippen LogP contribution in [0.2, 0.25) is 0 Å². The number of nitro benzene ring substituents is 1. The Morgan fingerprint density at radius 2 is 2.04 bits per heavy atom. The highest BCUT2D eigenvalue weighted by Crippen LogP contribution is 2.29. The molecule has 0 spiro atoms. The van der Waals surface area contributed by atoms with E-state index in [9.17, 15) is 14.9 Å². The lowest BCUT2D eigenvalue weighted by atomic mass is 9.99. The van der Waals surface area contributed by atoms with E-state index < -0.39 is 4.92 Å². The molecule has 1 unspecified atom stereocenters. The summed E-state index contributed by atoms with van der Waals surface area (Å²) in [5.74, 6) is 0.760. The van der Waals surface area contributed by atoms with E-state index >= 15 is 0 Å². The van der Waals surface area contributed by atoms with Crippen LogP contribution in [0.4, 0.5) is 11.4 Å². The SMILES string of the molecule is COc1ccc([N+](=O)[O-])cc1NC(=O)c1ccc(CN2CCCC(C)C2)cc1. The first-order valence-electron chi connectivity index (χ1n) is 9.41. The molecule has 1 heterocycles. The Balaban J connectivity index is 1.68. The fraction of sp³-hybridized carbons (Fsp3) is 0.381. The molecule has 2 aromatic rings. The average molecular weight is 383 g/mol. The lowest BCUT2D eigenvalue weighted by Crippen LogP contribution is -2.33. The molecule has 1 N–H and O–H groups in total. The monoisotopic (exact) mass is 383 g/mol. The number of nitrogens with zero attached hydrogens (tertiary/aromatic N) is 2. The van der Waals surface area contributed by atoms with Crippen molar-refractivity contribution in [1.29, 1.82) is 0 Å². The van der Waals surface area contributed by atoms with Crippen LogP contribution in [0.3, 0.4) is 0 Å². The maximum absolute atomic E-state index is 12.6. The van der Waals surface area contributed by atoms with Crippen LogP contribution in [-0.4, -0.2) is 35.9 Å². The van der Waals surface area contributed by atoms with Crippen LogP contribution in [0.1, 0.15) is 35.7 Å². The lowest BCUT2D eigenvalue weighted by molar-refractivity contribution is -0.384. The van der Waals surface area contributed by atoms with Crippen molar-refractivity contribution in [3.8, 4) is 5.75 Å². The first kappa shape index (κ1) is 19.8. The van der Waals surface area contributed by atoms with Crippen LogP contribution < -0.4 is 10.1 Å². The molecule has 1 amide bonds. The predicted molar refractivity (Wildman–Crippen MR) is 108 cm³/mol. The smallest absolute Gasteiger partial charge is 0.271 e. The van der Waals surface area contributed by atoms with Crippen molar-refractivity contribution in [2.24, 2.45) is 5.92 Å². The van der Waals surface area contributed by atoms with Gasteiger partial charge >= 0.3 is 0 Å². The molecule has 0 saturated carbocycles. The first-order valence-corrected chi connectivity index (χ1v) is 9.41. The molecule has 28 heavy (non-hydrogen) atoms. The number of carbonyl (C=O) groups excluding carboxylic acids is 1. The van der Waals surface area contributed by atoms with Crippen molar-refractivity contribution in [1.82, 2.24) is 4.90 Å². The summed E-state index contributed by atoms with van der Waals surface area (Å²) in [6.07, 6.45) is 2.52. The third-order valence-electron chi connectivity index (χ3n) is 5.01. The second kappa shape index (κ2) is 8.84. The van der Waals surface area contributed by atoms with Gasteiger partial charge in [0.15, 0.2) is 0 Å². The topological polar surface area (TPSA) is 84.7 Å². The van der Waals surface area contributed by atoms with E-state index in [0.717, 1.165) is 25.6 Å². The molecule has 1 aliphatic rings. The summed E-state index contributed by atoms with van der Waals surface area (Å²) in [6.45, 7) is 5.38. The largest absolute Gasteiger partial charge is 0.495 e. The Kier molecular flexibility index (Phi) is 6.26. The van der Waals surface area contributed by atoms with E-state index in [4.69, 9.17) is 4.74 Å². The summed E-state index contributed by atoms with van der Waals surface area (Å²) in [5, 5.41) is 13.7. The van der Waals surface area contributed by atoms with Gasteiger partial charge in [-0.05, 0) is 49.1 Å². The summed E-state index contributed by atoms with van der Waals surface area (Å²) < 4.78 is 5.19. The van der Waals surface area contributed by atoms with Crippen LogP contribution in [0.25, 0.3) is 0 Å². The molecule has 1 saturated heterocycles. The van der Waals surface area contributed by atoms with E-state index in [1.165, 1.54) is 43.7 Å². The number of amides is 1. The van der Waals surface area contributed by atoms with Crippen molar-refractivity contribution in [3.05, 3.63) is 63.7 Å².